The molecule has 0 saturated heterocycles. The summed E-state index contributed by atoms with van der Waals surface area (Å²) in [6.45, 7) is 3.81. The van der Waals surface area contributed by atoms with E-state index < -0.39 is 21.7 Å². The van der Waals surface area contributed by atoms with E-state index in [2.05, 4.69) is 0 Å². The Morgan fingerprint density at radius 2 is 1.86 bits per heavy atom. The molecule has 0 bridgehead atoms. The minimum absolute atomic E-state index is 0.135. The summed E-state index contributed by atoms with van der Waals surface area (Å²) in [6.07, 6.45) is 2.53. The highest BCUT2D eigenvalue weighted by Crippen LogP contribution is 2.09. The normalized spacial score (nSPS) is 12.9. The fourth-order valence-electron chi connectivity index (χ4n) is 1.98. The molecule has 0 fully saturated rings. The maximum Gasteiger partial charge on any atom is 0.310 e. The van der Waals surface area contributed by atoms with Gasteiger partial charge in [0.1, 0.15) is 6.61 Å². The third-order valence-corrected chi connectivity index (χ3v) is 5.11. The minimum Gasteiger partial charge on any atom is -0.461 e. The Morgan fingerprint density at radius 3 is 2.48 bits per heavy atom. The lowest BCUT2D eigenvalue weighted by Gasteiger charge is -2.12. The summed E-state index contributed by atoms with van der Waals surface area (Å²) in [5.41, 5.74) is 0.892. The third-order valence-electron chi connectivity index (χ3n) is 3.19. The first-order chi connectivity index (χ1) is 9.94. The Morgan fingerprint density at radius 1 is 1.19 bits per heavy atom. The SMILES string of the molecule is CCCCCS(=O)(=O)CC(C)C(=O)OCc1ccccc1. The third kappa shape index (κ3) is 7.27. The van der Waals surface area contributed by atoms with Gasteiger partial charge >= 0.3 is 5.97 Å². The maximum absolute atomic E-state index is 11.9. The summed E-state index contributed by atoms with van der Waals surface area (Å²) in [4.78, 5) is 11.8. The van der Waals surface area contributed by atoms with Crippen LogP contribution in [0.1, 0.15) is 38.7 Å². The number of esters is 1. The number of rotatable bonds is 9. The maximum atomic E-state index is 11.9. The smallest absolute Gasteiger partial charge is 0.310 e. The van der Waals surface area contributed by atoms with Crippen LogP contribution in [0.15, 0.2) is 30.3 Å². The predicted molar refractivity (Wildman–Crippen MR) is 83.6 cm³/mol. The Labute approximate surface area is 127 Å². The highest BCUT2D eigenvalue weighted by molar-refractivity contribution is 7.91. The van der Waals surface area contributed by atoms with Crippen molar-refractivity contribution in [3.8, 4) is 0 Å². The van der Waals surface area contributed by atoms with E-state index in [0.717, 1.165) is 18.4 Å². The topological polar surface area (TPSA) is 60.4 Å². The number of benzene rings is 1. The largest absolute Gasteiger partial charge is 0.461 e. The van der Waals surface area contributed by atoms with Crippen molar-refractivity contribution < 1.29 is 17.9 Å². The Kier molecular flexibility index (Phi) is 7.43. The van der Waals surface area contributed by atoms with Gasteiger partial charge in [-0.25, -0.2) is 8.42 Å². The van der Waals surface area contributed by atoms with E-state index in [1.54, 1.807) is 6.92 Å². The molecule has 0 aliphatic rings. The van der Waals surface area contributed by atoms with Crippen molar-refractivity contribution >= 4 is 15.8 Å². The average molecular weight is 312 g/mol. The van der Waals surface area contributed by atoms with Gasteiger partial charge in [-0.05, 0) is 12.0 Å². The number of carbonyl (C=O) groups excluding carboxylic acids is 1. The van der Waals surface area contributed by atoms with E-state index in [4.69, 9.17) is 4.74 Å². The van der Waals surface area contributed by atoms with Gasteiger partial charge in [-0.1, -0.05) is 57.0 Å². The lowest BCUT2D eigenvalue weighted by Crippen LogP contribution is -2.25. The highest BCUT2D eigenvalue weighted by atomic mass is 32.2. The summed E-state index contributed by atoms with van der Waals surface area (Å²) in [5.74, 6) is -1.07. The van der Waals surface area contributed by atoms with Crippen molar-refractivity contribution in [1.82, 2.24) is 0 Å². The summed E-state index contributed by atoms with van der Waals surface area (Å²) >= 11 is 0. The van der Waals surface area contributed by atoms with Crippen molar-refractivity contribution in [3.63, 3.8) is 0 Å². The number of ether oxygens (including phenoxy) is 1. The van der Waals surface area contributed by atoms with E-state index in [9.17, 15) is 13.2 Å². The lowest BCUT2D eigenvalue weighted by atomic mass is 10.2. The molecule has 5 heteroatoms. The number of hydrogen-bond donors (Lipinski definition) is 0. The van der Waals surface area contributed by atoms with Gasteiger partial charge in [-0.2, -0.15) is 0 Å². The molecule has 0 aliphatic heterocycles. The quantitative estimate of drug-likeness (QED) is 0.519. The highest BCUT2D eigenvalue weighted by Gasteiger charge is 2.22. The van der Waals surface area contributed by atoms with Gasteiger partial charge in [0.05, 0.1) is 17.4 Å². The number of carbonyl (C=O) groups is 1. The van der Waals surface area contributed by atoms with Crippen molar-refractivity contribution in [2.24, 2.45) is 5.92 Å². The molecule has 1 unspecified atom stereocenters. The van der Waals surface area contributed by atoms with E-state index in [1.165, 1.54) is 0 Å². The number of hydrogen-bond acceptors (Lipinski definition) is 4. The van der Waals surface area contributed by atoms with Gasteiger partial charge < -0.3 is 4.74 Å². The molecule has 0 aromatic heterocycles. The molecule has 0 saturated carbocycles. The molecular weight excluding hydrogens is 288 g/mol. The molecular formula is C16H24O4S. The second kappa shape index (κ2) is 8.82. The van der Waals surface area contributed by atoms with Gasteiger partial charge in [-0.15, -0.1) is 0 Å². The molecule has 1 aromatic carbocycles. The molecule has 0 aliphatic carbocycles. The average Bonchev–Trinajstić information content (AvgIpc) is 2.45. The van der Waals surface area contributed by atoms with Crippen LogP contribution in [0.3, 0.4) is 0 Å². The zero-order chi connectivity index (χ0) is 15.7. The van der Waals surface area contributed by atoms with Crippen LogP contribution in [0.25, 0.3) is 0 Å². The second-order valence-corrected chi connectivity index (χ2v) is 7.54. The molecule has 21 heavy (non-hydrogen) atoms. The fourth-order valence-corrected chi connectivity index (χ4v) is 3.68. The summed E-state index contributed by atoms with van der Waals surface area (Å²) in [6, 6.07) is 9.34. The first-order valence-electron chi connectivity index (χ1n) is 7.35. The van der Waals surface area contributed by atoms with Gasteiger partial charge in [0.2, 0.25) is 0 Å². The standard InChI is InChI=1S/C16H24O4S/c1-3-4-8-11-21(18,19)13-14(2)16(17)20-12-15-9-6-5-7-10-15/h5-7,9-10,14H,3-4,8,11-13H2,1-2H3. The molecule has 1 aromatic rings. The van der Waals surface area contributed by atoms with Crippen LogP contribution in [0.2, 0.25) is 0 Å². The van der Waals surface area contributed by atoms with Crippen molar-refractivity contribution in [3.05, 3.63) is 35.9 Å². The first kappa shape index (κ1) is 17.7. The van der Waals surface area contributed by atoms with E-state index in [-0.39, 0.29) is 18.1 Å². The summed E-state index contributed by atoms with van der Waals surface area (Å²) < 4.78 is 28.9. The minimum atomic E-state index is -3.18. The first-order valence-corrected chi connectivity index (χ1v) is 9.17. The zero-order valence-corrected chi connectivity index (χ0v) is 13.6. The lowest BCUT2D eigenvalue weighted by molar-refractivity contribution is -0.148. The molecule has 0 heterocycles. The van der Waals surface area contributed by atoms with Crippen LogP contribution in [-0.4, -0.2) is 25.9 Å². The molecule has 4 nitrogen and oxygen atoms in total. The van der Waals surface area contributed by atoms with Crippen molar-refractivity contribution in [1.29, 1.82) is 0 Å². The molecule has 1 rings (SSSR count). The van der Waals surface area contributed by atoms with Gasteiger partial charge in [-0.3, -0.25) is 4.79 Å². The molecule has 118 valence electrons. The summed E-state index contributed by atoms with van der Waals surface area (Å²) in [7, 11) is -3.18. The van der Waals surface area contributed by atoms with E-state index in [1.807, 2.05) is 37.3 Å². The Hall–Kier alpha value is -1.36. The number of sulfone groups is 1. The molecule has 0 amide bonds. The van der Waals surface area contributed by atoms with Crippen LogP contribution in [0.5, 0.6) is 0 Å². The van der Waals surface area contributed by atoms with Crippen LogP contribution < -0.4 is 0 Å². The Bertz CT molecular complexity index is 522. The van der Waals surface area contributed by atoms with Gasteiger partial charge in [0.25, 0.3) is 0 Å². The van der Waals surface area contributed by atoms with Crippen LogP contribution in [0.4, 0.5) is 0 Å². The molecule has 1 atom stereocenters. The monoisotopic (exact) mass is 312 g/mol. The fraction of sp³-hybridized carbons (Fsp3) is 0.562. The van der Waals surface area contributed by atoms with Crippen LogP contribution >= 0.6 is 0 Å². The summed E-state index contributed by atoms with van der Waals surface area (Å²) in [5, 5.41) is 0. The van der Waals surface area contributed by atoms with E-state index >= 15 is 0 Å². The Balaban J connectivity index is 2.40. The molecule has 0 spiro atoms. The van der Waals surface area contributed by atoms with Crippen molar-refractivity contribution in [2.45, 2.75) is 39.7 Å². The zero-order valence-electron chi connectivity index (χ0n) is 12.7. The van der Waals surface area contributed by atoms with Crippen LogP contribution in [-0.2, 0) is 26.0 Å². The molecule has 0 N–H and O–H groups in total. The van der Waals surface area contributed by atoms with Gasteiger partial charge in [0.15, 0.2) is 9.84 Å². The molecule has 0 radical (unpaired) electrons. The van der Waals surface area contributed by atoms with Crippen molar-refractivity contribution in [2.75, 3.05) is 11.5 Å². The van der Waals surface area contributed by atoms with Gasteiger partial charge in [0, 0.05) is 0 Å². The second-order valence-electron chi connectivity index (χ2n) is 5.32. The van der Waals surface area contributed by atoms with E-state index in [0.29, 0.717) is 6.42 Å². The number of unbranched alkanes of at least 4 members (excludes halogenated alkanes) is 2. The predicted octanol–water partition coefficient (Wildman–Crippen LogP) is 2.97. The van der Waals surface area contributed by atoms with Crippen LogP contribution in [0, 0.1) is 5.92 Å².